The van der Waals surface area contributed by atoms with Gasteiger partial charge in [0.05, 0.1) is 17.6 Å². The number of thioether (sulfide) groups is 1. The van der Waals surface area contributed by atoms with Crippen LogP contribution in [-0.2, 0) is 9.59 Å². The molecule has 2 aromatic carbocycles. The molecule has 1 aliphatic rings. The molecule has 7 nitrogen and oxygen atoms in total. The Labute approximate surface area is 210 Å². The molecule has 1 atom stereocenters. The normalized spacial score (nSPS) is 15.5. The molecule has 1 saturated heterocycles. The van der Waals surface area contributed by atoms with Gasteiger partial charge in [-0.2, -0.15) is 0 Å². The van der Waals surface area contributed by atoms with E-state index >= 15 is 0 Å². The lowest BCUT2D eigenvalue weighted by atomic mass is 10.1. The maximum absolute atomic E-state index is 12.9. The Bertz CT molecular complexity index is 1150. The fourth-order valence-electron chi connectivity index (χ4n) is 3.77. The highest BCUT2D eigenvalue weighted by Gasteiger charge is 2.36. The summed E-state index contributed by atoms with van der Waals surface area (Å²) < 4.78 is 11.6. The van der Waals surface area contributed by atoms with Gasteiger partial charge >= 0.3 is 0 Å². The molecule has 0 bridgehead atoms. The number of carbonyl (C=O) groups is 3. The number of aryl methyl sites for hydroxylation is 3. The molecular weight excluding hydrogens is 464 g/mol. The van der Waals surface area contributed by atoms with E-state index < -0.39 is 17.1 Å². The van der Waals surface area contributed by atoms with E-state index in [-0.39, 0.29) is 17.6 Å². The van der Waals surface area contributed by atoms with Crippen molar-refractivity contribution in [2.75, 3.05) is 18.5 Å². The summed E-state index contributed by atoms with van der Waals surface area (Å²) >= 11 is 0.817. The maximum atomic E-state index is 12.9. The summed E-state index contributed by atoms with van der Waals surface area (Å²) in [5.74, 6) is 0.285. The lowest BCUT2D eigenvalue weighted by Crippen LogP contribution is -2.36. The van der Waals surface area contributed by atoms with Gasteiger partial charge in [0.1, 0.15) is 6.54 Å². The van der Waals surface area contributed by atoms with Crippen molar-refractivity contribution >= 4 is 40.6 Å². The van der Waals surface area contributed by atoms with Crippen LogP contribution in [0.2, 0.25) is 0 Å². The molecule has 1 heterocycles. The van der Waals surface area contributed by atoms with Crippen LogP contribution in [0.15, 0.2) is 35.2 Å². The Morgan fingerprint density at radius 3 is 2.40 bits per heavy atom. The topological polar surface area (TPSA) is 84.9 Å². The summed E-state index contributed by atoms with van der Waals surface area (Å²) in [6.45, 7) is 11.8. The number of imide groups is 1. The second-order valence-electron chi connectivity index (χ2n) is 8.57. The largest absolute Gasteiger partial charge is 0.490 e. The van der Waals surface area contributed by atoms with Gasteiger partial charge in [0.25, 0.3) is 11.1 Å². The van der Waals surface area contributed by atoms with E-state index in [1.807, 2.05) is 59.7 Å². The number of anilines is 1. The Kier molecular flexibility index (Phi) is 8.62. The van der Waals surface area contributed by atoms with Crippen molar-refractivity contribution in [1.29, 1.82) is 0 Å². The molecule has 0 radical (unpaired) electrons. The number of hydrogen-bond donors (Lipinski definition) is 1. The zero-order chi connectivity index (χ0) is 25.7. The zero-order valence-electron chi connectivity index (χ0n) is 21.1. The van der Waals surface area contributed by atoms with Crippen molar-refractivity contribution in [3.8, 4) is 11.5 Å². The first kappa shape index (κ1) is 26.3. The van der Waals surface area contributed by atoms with E-state index in [4.69, 9.17) is 9.47 Å². The van der Waals surface area contributed by atoms with Crippen LogP contribution in [0.4, 0.5) is 10.5 Å². The number of nitrogens with one attached hydrogen (secondary N) is 1. The van der Waals surface area contributed by atoms with Gasteiger partial charge in [0, 0.05) is 5.69 Å². The molecule has 3 amide bonds. The molecule has 3 rings (SSSR count). The van der Waals surface area contributed by atoms with E-state index in [2.05, 4.69) is 5.32 Å². The van der Waals surface area contributed by atoms with E-state index in [0.29, 0.717) is 29.4 Å². The lowest BCUT2D eigenvalue weighted by molar-refractivity contribution is -0.127. The van der Waals surface area contributed by atoms with E-state index in [0.717, 1.165) is 39.8 Å². The van der Waals surface area contributed by atoms with Gasteiger partial charge in [0.15, 0.2) is 11.5 Å². The lowest BCUT2D eigenvalue weighted by Gasteiger charge is -2.16. The number of hydrogen-bond acceptors (Lipinski definition) is 6. The first-order valence-corrected chi connectivity index (χ1v) is 12.5. The minimum Gasteiger partial charge on any atom is -0.490 e. The summed E-state index contributed by atoms with van der Waals surface area (Å²) in [6, 6.07) is 9.34. The Balaban J connectivity index is 1.75. The predicted molar refractivity (Wildman–Crippen MR) is 140 cm³/mol. The first-order chi connectivity index (χ1) is 16.6. The molecule has 0 aliphatic carbocycles. The molecule has 35 heavy (non-hydrogen) atoms. The molecule has 0 saturated carbocycles. The van der Waals surface area contributed by atoms with Crippen LogP contribution in [0.5, 0.6) is 11.5 Å². The molecule has 0 aromatic heterocycles. The summed E-state index contributed by atoms with van der Waals surface area (Å²) in [4.78, 5) is 39.3. The molecule has 1 aliphatic heterocycles. The van der Waals surface area contributed by atoms with Gasteiger partial charge in [-0.3, -0.25) is 19.3 Å². The number of ether oxygens (including phenoxy) is 2. The number of amides is 3. The number of nitrogens with zero attached hydrogens (tertiary/aromatic N) is 1. The van der Waals surface area contributed by atoms with Gasteiger partial charge in [-0.25, -0.2) is 0 Å². The third-order valence-electron chi connectivity index (χ3n) is 5.59. The summed E-state index contributed by atoms with van der Waals surface area (Å²) in [5, 5.41) is 2.37. The number of carbonyl (C=O) groups excluding carboxylic acids is 3. The molecule has 2 aromatic rings. The van der Waals surface area contributed by atoms with E-state index in [1.54, 1.807) is 18.2 Å². The highest BCUT2D eigenvalue weighted by Crippen LogP contribution is 2.35. The molecule has 0 unspecified atom stereocenters. The van der Waals surface area contributed by atoms with Gasteiger partial charge in [-0.15, -0.1) is 0 Å². The fraction of sp³-hybridized carbons (Fsp3) is 0.370. The smallest absolute Gasteiger partial charge is 0.294 e. The third kappa shape index (κ3) is 6.45. The SMILES string of the molecule is CCOc1cc(/C=C2/SC(=O)N(CC(=O)Nc3c(C)cc(C)cc3C)C2=O)ccc1O[C@H](C)CC. The fourth-order valence-corrected chi connectivity index (χ4v) is 4.61. The quantitative estimate of drug-likeness (QED) is 0.438. The van der Waals surface area contributed by atoms with Gasteiger partial charge in [0.2, 0.25) is 5.91 Å². The Morgan fingerprint density at radius 1 is 1.09 bits per heavy atom. The summed E-state index contributed by atoms with van der Waals surface area (Å²) in [5.41, 5.74) is 4.35. The molecule has 1 N–H and O–H groups in total. The third-order valence-corrected chi connectivity index (χ3v) is 6.49. The van der Waals surface area contributed by atoms with E-state index in [9.17, 15) is 14.4 Å². The monoisotopic (exact) mass is 496 g/mol. The molecule has 186 valence electrons. The Hall–Kier alpha value is -3.26. The second-order valence-corrected chi connectivity index (χ2v) is 9.56. The summed E-state index contributed by atoms with van der Waals surface area (Å²) in [6.07, 6.45) is 2.53. The van der Waals surface area contributed by atoms with Crippen LogP contribution >= 0.6 is 11.8 Å². The van der Waals surface area contributed by atoms with Crippen molar-refractivity contribution in [3.63, 3.8) is 0 Å². The summed E-state index contributed by atoms with van der Waals surface area (Å²) in [7, 11) is 0. The maximum Gasteiger partial charge on any atom is 0.294 e. The van der Waals surface area contributed by atoms with E-state index in [1.165, 1.54) is 0 Å². The van der Waals surface area contributed by atoms with Crippen molar-refractivity contribution in [1.82, 2.24) is 4.90 Å². The minimum atomic E-state index is -0.495. The molecule has 0 spiro atoms. The standard InChI is InChI=1S/C27H32N2O5S/c1-7-19(6)34-21-10-9-20(13-22(21)33-8-2)14-23-26(31)29(27(32)35-23)15-24(30)28-25-17(4)11-16(3)12-18(25)5/h9-14,19H,7-8,15H2,1-6H3,(H,28,30)/b23-14+/t19-/m1/s1. The average Bonchev–Trinajstić information content (AvgIpc) is 3.05. The first-order valence-electron chi connectivity index (χ1n) is 11.7. The van der Waals surface area contributed by atoms with Crippen molar-refractivity contribution < 1.29 is 23.9 Å². The van der Waals surface area contributed by atoms with Crippen LogP contribution < -0.4 is 14.8 Å². The predicted octanol–water partition coefficient (Wildman–Crippen LogP) is 5.86. The minimum absolute atomic E-state index is 0.0372. The van der Waals surface area contributed by atoms with Crippen LogP contribution in [0.1, 0.15) is 49.4 Å². The Morgan fingerprint density at radius 2 is 1.77 bits per heavy atom. The van der Waals surface area contributed by atoms with Crippen molar-refractivity contribution in [2.45, 2.75) is 54.1 Å². The average molecular weight is 497 g/mol. The second kappa shape index (κ2) is 11.4. The van der Waals surface area contributed by atoms with Crippen LogP contribution in [0, 0.1) is 20.8 Å². The van der Waals surface area contributed by atoms with Crippen LogP contribution in [-0.4, -0.2) is 41.2 Å². The molecular formula is C27H32N2O5S. The molecule has 1 fully saturated rings. The number of benzene rings is 2. The van der Waals surface area contributed by atoms with Gasteiger partial charge in [-0.1, -0.05) is 30.7 Å². The van der Waals surface area contributed by atoms with Crippen molar-refractivity contribution in [3.05, 3.63) is 57.5 Å². The van der Waals surface area contributed by atoms with Gasteiger partial charge < -0.3 is 14.8 Å². The number of rotatable bonds is 9. The molecule has 8 heteroatoms. The van der Waals surface area contributed by atoms with Gasteiger partial charge in [-0.05, 0) is 87.7 Å². The van der Waals surface area contributed by atoms with Crippen LogP contribution in [0.3, 0.4) is 0 Å². The zero-order valence-corrected chi connectivity index (χ0v) is 21.9. The highest BCUT2D eigenvalue weighted by molar-refractivity contribution is 8.18. The van der Waals surface area contributed by atoms with Crippen molar-refractivity contribution in [2.24, 2.45) is 0 Å². The highest BCUT2D eigenvalue weighted by atomic mass is 32.2. The van der Waals surface area contributed by atoms with Crippen LogP contribution in [0.25, 0.3) is 6.08 Å².